The van der Waals surface area contributed by atoms with Crippen LogP contribution in [0, 0.1) is 5.82 Å². The summed E-state index contributed by atoms with van der Waals surface area (Å²) in [6.07, 6.45) is 2.00. The van der Waals surface area contributed by atoms with Gasteiger partial charge >= 0.3 is 6.15 Å². The third-order valence-electron chi connectivity index (χ3n) is 5.92. The summed E-state index contributed by atoms with van der Waals surface area (Å²) in [5.41, 5.74) is 1.93. The molecule has 0 amide bonds. The van der Waals surface area contributed by atoms with Crippen molar-refractivity contribution in [2.24, 2.45) is 0 Å². The number of fused-ring (bicyclic) bond motifs is 2. The fraction of sp³-hybridized carbons (Fsp3) is 0.292. The monoisotopic (exact) mass is 498 g/mol. The van der Waals surface area contributed by atoms with E-state index in [1.807, 2.05) is 34.6 Å². The number of nitrogens with one attached hydrogen (secondary N) is 1. The lowest BCUT2D eigenvalue weighted by molar-refractivity contribution is -0.191. The number of benzene rings is 2. The zero-order valence-electron chi connectivity index (χ0n) is 19.0. The Hall–Kier alpha value is -3.95. The van der Waals surface area contributed by atoms with Crippen LogP contribution in [-0.2, 0) is 16.1 Å². The van der Waals surface area contributed by atoms with E-state index in [4.69, 9.17) is 31.3 Å². The molecule has 1 aromatic heterocycles. The molecule has 1 saturated heterocycles. The van der Waals surface area contributed by atoms with Gasteiger partial charge in [0.2, 0.25) is 6.79 Å². The SMILES string of the molecule is CCn1ccc(=O)c2cc(F)c(N3CCN(C(=S)Nc4ccc5c(c4)OCO5)CC3)cc21.O=C=O. The normalized spacial score (nSPS) is 14.2. The van der Waals surface area contributed by atoms with Crippen LogP contribution in [0.2, 0.25) is 0 Å². The molecule has 3 heterocycles. The highest BCUT2D eigenvalue weighted by molar-refractivity contribution is 7.80. The van der Waals surface area contributed by atoms with Gasteiger partial charge in [-0.2, -0.15) is 9.59 Å². The van der Waals surface area contributed by atoms with Crippen molar-refractivity contribution < 1.29 is 23.5 Å². The molecule has 5 rings (SSSR count). The van der Waals surface area contributed by atoms with Gasteiger partial charge in [-0.1, -0.05) is 0 Å². The summed E-state index contributed by atoms with van der Waals surface area (Å²) < 4.78 is 27.6. The smallest absolute Gasteiger partial charge is 0.373 e. The number of nitrogens with zero attached hydrogens (tertiary/aromatic N) is 3. The van der Waals surface area contributed by atoms with Gasteiger partial charge in [0.05, 0.1) is 11.2 Å². The summed E-state index contributed by atoms with van der Waals surface area (Å²) >= 11 is 5.59. The van der Waals surface area contributed by atoms with Crippen LogP contribution in [0.5, 0.6) is 11.5 Å². The minimum absolute atomic E-state index is 0.167. The zero-order chi connectivity index (χ0) is 24.9. The zero-order valence-corrected chi connectivity index (χ0v) is 19.8. The Morgan fingerprint density at radius 2 is 1.80 bits per heavy atom. The van der Waals surface area contributed by atoms with Crippen molar-refractivity contribution in [3.05, 3.63) is 58.6 Å². The molecule has 0 atom stereocenters. The lowest BCUT2D eigenvalue weighted by atomic mass is 10.1. The van der Waals surface area contributed by atoms with Crippen molar-refractivity contribution in [2.75, 3.05) is 43.2 Å². The van der Waals surface area contributed by atoms with Gasteiger partial charge < -0.3 is 29.2 Å². The van der Waals surface area contributed by atoms with Crippen LogP contribution in [0.15, 0.2) is 47.4 Å². The number of halogens is 1. The number of ether oxygens (including phenoxy) is 2. The average Bonchev–Trinajstić information content (AvgIpc) is 3.33. The minimum Gasteiger partial charge on any atom is -0.454 e. The molecular weight excluding hydrogens is 475 g/mol. The summed E-state index contributed by atoms with van der Waals surface area (Å²) in [6, 6.07) is 10.2. The van der Waals surface area contributed by atoms with E-state index in [2.05, 4.69) is 10.2 Å². The highest BCUT2D eigenvalue weighted by Crippen LogP contribution is 2.34. The molecule has 35 heavy (non-hydrogen) atoms. The maximum absolute atomic E-state index is 14.9. The molecule has 0 bridgehead atoms. The highest BCUT2D eigenvalue weighted by Gasteiger charge is 2.23. The largest absolute Gasteiger partial charge is 0.454 e. The second kappa shape index (κ2) is 10.5. The summed E-state index contributed by atoms with van der Waals surface area (Å²) in [6.45, 7) is 5.48. The second-order valence-corrected chi connectivity index (χ2v) is 8.23. The topological polar surface area (TPSA) is 93.1 Å². The number of anilines is 2. The van der Waals surface area contributed by atoms with Gasteiger partial charge in [-0.15, -0.1) is 0 Å². The number of carbonyl (C=O) groups excluding carboxylic acids is 2. The number of hydrogen-bond acceptors (Lipinski definition) is 7. The lowest BCUT2D eigenvalue weighted by Gasteiger charge is -2.37. The van der Waals surface area contributed by atoms with Gasteiger partial charge in [0.25, 0.3) is 0 Å². The first-order valence-electron chi connectivity index (χ1n) is 11.0. The summed E-state index contributed by atoms with van der Waals surface area (Å²) in [7, 11) is 0. The fourth-order valence-electron chi connectivity index (χ4n) is 4.16. The Morgan fingerprint density at radius 3 is 2.51 bits per heavy atom. The maximum Gasteiger partial charge on any atom is 0.373 e. The van der Waals surface area contributed by atoms with Crippen molar-refractivity contribution in [1.29, 1.82) is 0 Å². The first-order valence-corrected chi connectivity index (χ1v) is 11.4. The van der Waals surface area contributed by atoms with E-state index in [-0.39, 0.29) is 24.2 Å². The van der Waals surface area contributed by atoms with E-state index in [1.54, 1.807) is 12.3 Å². The Balaban J connectivity index is 0.000000917. The van der Waals surface area contributed by atoms with Crippen LogP contribution < -0.4 is 25.1 Å². The maximum atomic E-state index is 14.9. The fourth-order valence-corrected chi connectivity index (χ4v) is 4.46. The predicted molar refractivity (Wildman–Crippen MR) is 131 cm³/mol. The Bertz CT molecular complexity index is 1350. The molecule has 0 radical (unpaired) electrons. The van der Waals surface area contributed by atoms with Crippen LogP contribution in [-0.4, -0.2) is 53.7 Å². The van der Waals surface area contributed by atoms with Crippen LogP contribution in [0.4, 0.5) is 15.8 Å². The van der Waals surface area contributed by atoms with Gasteiger partial charge in [0.1, 0.15) is 5.82 Å². The molecule has 1 N–H and O–H groups in total. The van der Waals surface area contributed by atoms with E-state index < -0.39 is 0 Å². The number of rotatable bonds is 3. The average molecular weight is 499 g/mol. The third kappa shape index (κ3) is 5.11. The first-order chi connectivity index (χ1) is 16.9. The predicted octanol–water partition coefficient (Wildman–Crippen LogP) is 2.82. The Kier molecular flexibility index (Phi) is 7.28. The number of pyridine rings is 1. The van der Waals surface area contributed by atoms with E-state index in [1.165, 1.54) is 12.1 Å². The quantitative estimate of drug-likeness (QED) is 0.547. The molecule has 11 heteroatoms. The molecule has 1 fully saturated rings. The van der Waals surface area contributed by atoms with Crippen molar-refractivity contribution in [2.45, 2.75) is 13.5 Å². The number of aromatic nitrogens is 1. The molecule has 2 aliphatic rings. The number of aryl methyl sites for hydroxylation is 1. The molecule has 2 aliphatic heterocycles. The van der Waals surface area contributed by atoms with Crippen molar-refractivity contribution >= 4 is 45.8 Å². The van der Waals surface area contributed by atoms with Crippen LogP contribution in [0.1, 0.15) is 6.92 Å². The number of piperazine rings is 1. The van der Waals surface area contributed by atoms with E-state index >= 15 is 0 Å². The Morgan fingerprint density at radius 1 is 1.09 bits per heavy atom. The Labute approximate surface area is 205 Å². The summed E-state index contributed by atoms with van der Waals surface area (Å²) in [5, 5.41) is 4.26. The highest BCUT2D eigenvalue weighted by atomic mass is 32.1. The second-order valence-electron chi connectivity index (χ2n) is 7.84. The van der Waals surface area contributed by atoms with E-state index in [9.17, 15) is 9.18 Å². The van der Waals surface area contributed by atoms with Gasteiger partial charge in [0, 0.05) is 62.1 Å². The summed E-state index contributed by atoms with van der Waals surface area (Å²) in [5.74, 6) is 1.04. The van der Waals surface area contributed by atoms with Gasteiger partial charge in [0.15, 0.2) is 22.0 Å². The molecule has 0 aliphatic carbocycles. The van der Waals surface area contributed by atoms with Crippen molar-refractivity contribution in [3.8, 4) is 11.5 Å². The molecule has 182 valence electrons. The molecule has 9 nitrogen and oxygen atoms in total. The van der Waals surface area contributed by atoms with Crippen LogP contribution >= 0.6 is 12.2 Å². The van der Waals surface area contributed by atoms with E-state index in [0.29, 0.717) is 54.7 Å². The number of thiocarbonyl (C=S) groups is 1. The number of hydrogen-bond donors (Lipinski definition) is 1. The molecule has 0 saturated carbocycles. The van der Waals surface area contributed by atoms with Gasteiger partial charge in [-0.3, -0.25) is 4.79 Å². The van der Waals surface area contributed by atoms with Gasteiger partial charge in [-0.25, -0.2) is 4.39 Å². The lowest BCUT2D eigenvalue weighted by Crippen LogP contribution is -2.50. The first kappa shape index (κ1) is 24.2. The molecule has 3 aromatic rings. The summed E-state index contributed by atoms with van der Waals surface area (Å²) in [4.78, 5) is 32.5. The molecular formula is C24H23FN4O5S. The van der Waals surface area contributed by atoms with Crippen LogP contribution in [0.3, 0.4) is 0 Å². The van der Waals surface area contributed by atoms with Crippen molar-refractivity contribution in [3.63, 3.8) is 0 Å². The third-order valence-corrected chi connectivity index (χ3v) is 6.28. The standard InChI is InChI=1S/C23H23FN4O3S.CO2/c1-2-26-6-5-20(29)16-12-17(24)19(13-18(16)26)27-7-9-28(10-8-27)23(32)25-15-3-4-21-22(11-15)31-14-30-21;2-1-3/h3-6,11-13H,2,7-10,14H2,1H3,(H,25,32);. The molecule has 0 unspecified atom stereocenters. The van der Waals surface area contributed by atoms with Crippen LogP contribution in [0.25, 0.3) is 10.9 Å². The van der Waals surface area contributed by atoms with E-state index in [0.717, 1.165) is 17.0 Å². The molecule has 0 spiro atoms. The minimum atomic E-state index is -0.377. The molecule has 2 aromatic carbocycles. The van der Waals surface area contributed by atoms with Gasteiger partial charge in [-0.05, 0) is 43.4 Å². The van der Waals surface area contributed by atoms with Crippen molar-refractivity contribution in [1.82, 2.24) is 9.47 Å².